The van der Waals surface area contributed by atoms with Crippen LogP contribution in [-0.2, 0) is 9.53 Å². The Kier molecular flexibility index (Phi) is 6.09. The monoisotopic (exact) mass is 256 g/mol. The number of carbonyl (C=O) groups excluding carboxylic acids is 1. The van der Waals surface area contributed by atoms with Gasteiger partial charge in [-0.2, -0.15) is 0 Å². The highest BCUT2D eigenvalue weighted by atomic mass is 16.5. The number of nitrogens with zero attached hydrogens (tertiary/aromatic N) is 1. The van der Waals surface area contributed by atoms with Gasteiger partial charge < -0.3 is 15.0 Å². The first-order valence-corrected chi connectivity index (χ1v) is 7.15. The number of rotatable bonds is 6. The maximum absolute atomic E-state index is 12.4. The Morgan fingerprint density at radius 2 is 2.00 bits per heavy atom. The van der Waals surface area contributed by atoms with E-state index in [2.05, 4.69) is 12.2 Å². The van der Waals surface area contributed by atoms with Crippen molar-refractivity contribution in [2.75, 3.05) is 26.7 Å². The summed E-state index contributed by atoms with van der Waals surface area (Å²) >= 11 is 0. The first-order valence-electron chi connectivity index (χ1n) is 7.15. The summed E-state index contributed by atoms with van der Waals surface area (Å²) in [6.07, 6.45) is 3.98. The maximum Gasteiger partial charge on any atom is 0.254 e. The lowest BCUT2D eigenvalue weighted by Crippen LogP contribution is -2.52. The van der Waals surface area contributed by atoms with Gasteiger partial charge in [-0.15, -0.1) is 0 Å². The molecule has 1 aliphatic heterocycles. The fourth-order valence-electron chi connectivity index (χ4n) is 2.35. The third-order valence-electron chi connectivity index (χ3n) is 4.04. The number of likely N-dealkylation sites (tertiary alicyclic amines) is 1. The highest BCUT2D eigenvalue weighted by Gasteiger charge is 2.36. The third kappa shape index (κ3) is 3.69. The molecule has 1 N–H and O–H groups in total. The molecule has 0 spiro atoms. The van der Waals surface area contributed by atoms with Gasteiger partial charge in [0.05, 0.1) is 0 Å². The molecule has 4 nitrogen and oxygen atoms in total. The van der Waals surface area contributed by atoms with Crippen LogP contribution in [-0.4, -0.2) is 49.2 Å². The topological polar surface area (TPSA) is 41.6 Å². The minimum atomic E-state index is -0.649. The number of methoxy groups -OCH3 is 1. The van der Waals surface area contributed by atoms with Crippen molar-refractivity contribution in [2.45, 2.75) is 58.1 Å². The van der Waals surface area contributed by atoms with Gasteiger partial charge in [0.1, 0.15) is 5.60 Å². The predicted molar refractivity (Wildman–Crippen MR) is 73.6 cm³/mol. The largest absolute Gasteiger partial charge is 0.369 e. The van der Waals surface area contributed by atoms with E-state index in [-0.39, 0.29) is 5.91 Å². The second-order valence-electron chi connectivity index (χ2n) is 5.31. The Bertz CT molecular complexity index is 257. The average Bonchev–Trinajstić information content (AvgIpc) is 2.44. The number of amides is 1. The molecular formula is C14H28N2O2. The standard InChI is InChI=1S/C14H28N2O2/c1-5-9-15-12-7-10-16(11-8-12)13(17)14(3,6-2)18-4/h12,15H,5-11H2,1-4H3. The first-order chi connectivity index (χ1) is 8.57. The SMILES string of the molecule is CCCNC1CCN(C(=O)C(C)(CC)OC)CC1. The summed E-state index contributed by atoms with van der Waals surface area (Å²) in [5.41, 5.74) is -0.649. The number of ether oxygens (including phenoxy) is 1. The minimum Gasteiger partial charge on any atom is -0.369 e. The Morgan fingerprint density at radius 1 is 1.39 bits per heavy atom. The average molecular weight is 256 g/mol. The van der Waals surface area contributed by atoms with Crippen LogP contribution < -0.4 is 5.32 Å². The Labute approximate surface area is 111 Å². The van der Waals surface area contributed by atoms with Crippen molar-refractivity contribution in [3.8, 4) is 0 Å². The van der Waals surface area contributed by atoms with Crippen molar-refractivity contribution in [2.24, 2.45) is 0 Å². The molecule has 1 saturated heterocycles. The quantitative estimate of drug-likeness (QED) is 0.788. The van der Waals surface area contributed by atoms with E-state index in [0.29, 0.717) is 6.04 Å². The van der Waals surface area contributed by atoms with Gasteiger partial charge in [-0.05, 0) is 39.2 Å². The van der Waals surface area contributed by atoms with Crippen molar-refractivity contribution in [3.05, 3.63) is 0 Å². The summed E-state index contributed by atoms with van der Waals surface area (Å²) in [5, 5.41) is 3.53. The molecule has 1 rings (SSSR count). The summed E-state index contributed by atoms with van der Waals surface area (Å²) in [5.74, 6) is 0.140. The van der Waals surface area contributed by atoms with Gasteiger partial charge >= 0.3 is 0 Å². The van der Waals surface area contributed by atoms with Gasteiger partial charge in [0.2, 0.25) is 0 Å². The normalized spacial score (nSPS) is 20.8. The van der Waals surface area contributed by atoms with Crippen LogP contribution >= 0.6 is 0 Å². The van der Waals surface area contributed by atoms with E-state index in [1.54, 1.807) is 7.11 Å². The zero-order valence-electron chi connectivity index (χ0n) is 12.3. The van der Waals surface area contributed by atoms with Crippen molar-refractivity contribution in [1.82, 2.24) is 10.2 Å². The summed E-state index contributed by atoms with van der Waals surface area (Å²) in [7, 11) is 1.62. The molecule has 18 heavy (non-hydrogen) atoms. The Hall–Kier alpha value is -0.610. The van der Waals surface area contributed by atoms with Crippen LogP contribution in [0.5, 0.6) is 0 Å². The fraction of sp³-hybridized carbons (Fsp3) is 0.929. The van der Waals surface area contributed by atoms with Crippen LogP contribution in [0.2, 0.25) is 0 Å². The van der Waals surface area contributed by atoms with E-state index in [1.807, 2.05) is 18.7 Å². The molecule has 0 saturated carbocycles. The zero-order chi connectivity index (χ0) is 13.6. The molecule has 0 radical (unpaired) electrons. The molecule has 1 atom stereocenters. The van der Waals surface area contributed by atoms with E-state index in [9.17, 15) is 4.79 Å². The van der Waals surface area contributed by atoms with Crippen molar-refractivity contribution in [3.63, 3.8) is 0 Å². The molecule has 0 aliphatic carbocycles. The summed E-state index contributed by atoms with van der Waals surface area (Å²) in [6, 6.07) is 0.574. The lowest BCUT2D eigenvalue weighted by atomic mass is 9.98. The van der Waals surface area contributed by atoms with Gasteiger partial charge in [0, 0.05) is 26.2 Å². The Balaban J connectivity index is 2.45. The second kappa shape index (κ2) is 7.10. The van der Waals surface area contributed by atoms with E-state index >= 15 is 0 Å². The van der Waals surface area contributed by atoms with E-state index in [4.69, 9.17) is 4.74 Å². The summed E-state index contributed by atoms with van der Waals surface area (Å²) in [4.78, 5) is 14.3. The summed E-state index contributed by atoms with van der Waals surface area (Å²) in [6.45, 7) is 8.83. The zero-order valence-corrected chi connectivity index (χ0v) is 12.3. The molecule has 4 heteroatoms. The van der Waals surface area contributed by atoms with E-state index < -0.39 is 5.60 Å². The van der Waals surface area contributed by atoms with Crippen LogP contribution in [0.25, 0.3) is 0 Å². The Morgan fingerprint density at radius 3 is 2.44 bits per heavy atom. The van der Waals surface area contributed by atoms with Gasteiger partial charge in [0.25, 0.3) is 5.91 Å². The molecule has 0 aromatic carbocycles. The van der Waals surface area contributed by atoms with Gasteiger partial charge in [-0.1, -0.05) is 13.8 Å². The van der Waals surface area contributed by atoms with Crippen molar-refractivity contribution < 1.29 is 9.53 Å². The minimum absolute atomic E-state index is 0.140. The van der Waals surface area contributed by atoms with Gasteiger partial charge in [-0.25, -0.2) is 0 Å². The van der Waals surface area contributed by atoms with Crippen LogP contribution in [0.1, 0.15) is 46.5 Å². The molecule has 106 valence electrons. The number of hydrogen-bond donors (Lipinski definition) is 1. The number of hydrogen-bond acceptors (Lipinski definition) is 3. The van der Waals surface area contributed by atoms with E-state index in [1.165, 1.54) is 0 Å². The maximum atomic E-state index is 12.4. The number of piperidine rings is 1. The number of nitrogens with one attached hydrogen (secondary N) is 1. The van der Waals surface area contributed by atoms with Crippen LogP contribution in [0, 0.1) is 0 Å². The van der Waals surface area contributed by atoms with Crippen LogP contribution in [0.3, 0.4) is 0 Å². The molecule has 1 unspecified atom stereocenters. The highest BCUT2D eigenvalue weighted by molar-refractivity contribution is 5.84. The lowest BCUT2D eigenvalue weighted by Gasteiger charge is -2.37. The molecule has 0 aromatic rings. The van der Waals surface area contributed by atoms with Crippen LogP contribution in [0.15, 0.2) is 0 Å². The van der Waals surface area contributed by atoms with Gasteiger partial charge in [0.15, 0.2) is 0 Å². The highest BCUT2D eigenvalue weighted by Crippen LogP contribution is 2.21. The molecule has 1 fully saturated rings. The van der Waals surface area contributed by atoms with Crippen LogP contribution in [0.4, 0.5) is 0 Å². The smallest absolute Gasteiger partial charge is 0.254 e. The van der Waals surface area contributed by atoms with Crippen molar-refractivity contribution in [1.29, 1.82) is 0 Å². The fourth-order valence-corrected chi connectivity index (χ4v) is 2.35. The molecule has 0 aromatic heterocycles. The molecular weight excluding hydrogens is 228 g/mol. The third-order valence-corrected chi connectivity index (χ3v) is 4.04. The van der Waals surface area contributed by atoms with E-state index in [0.717, 1.165) is 45.3 Å². The first kappa shape index (κ1) is 15.4. The molecule has 1 heterocycles. The summed E-state index contributed by atoms with van der Waals surface area (Å²) < 4.78 is 5.39. The lowest BCUT2D eigenvalue weighted by molar-refractivity contribution is -0.154. The molecule has 1 amide bonds. The second-order valence-corrected chi connectivity index (χ2v) is 5.31. The van der Waals surface area contributed by atoms with Crippen molar-refractivity contribution >= 4 is 5.91 Å². The number of carbonyl (C=O) groups is 1. The predicted octanol–water partition coefficient (Wildman–Crippen LogP) is 1.79. The molecule has 0 bridgehead atoms. The molecule has 1 aliphatic rings. The van der Waals surface area contributed by atoms with Gasteiger partial charge in [-0.3, -0.25) is 4.79 Å².